The zero-order chi connectivity index (χ0) is 11.9. The topological polar surface area (TPSA) is 49.9 Å². The van der Waals surface area contributed by atoms with E-state index in [4.69, 9.17) is 0 Å². The van der Waals surface area contributed by atoms with Gasteiger partial charge in [0.25, 0.3) is 5.56 Å². The Labute approximate surface area is 93.1 Å². The van der Waals surface area contributed by atoms with Crippen LogP contribution in [-0.2, 0) is 0 Å². The number of aryl methyl sites for hydroxylation is 3. The number of hydrogen-bond acceptors (Lipinski definition) is 2. The molecule has 0 saturated carbocycles. The van der Waals surface area contributed by atoms with E-state index in [1.54, 1.807) is 6.92 Å². The average molecular weight is 215 g/mol. The van der Waals surface area contributed by atoms with Crippen LogP contribution in [0, 0.1) is 20.8 Å². The van der Waals surface area contributed by atoms with Gasteiger partial charge in [0.2, 0.25) is 0 Å². The molecule has 0 spiro atoms. The Morgan fingerprint density at radius 3 is 2.50 bits per heavy atom. The second-order valence-corrected chi connectivity index (χ2v) is 4.12. The number of H-pyrrole nitrogens is 1. The van der Waals surface area contributed by atoms with Gasteiger partial charge in [0.15, 0.2) is 6.29 Å². The Bertz CT molecular complexity index is 638. The quantitative estimate of drug-likeness (QED) is 0.742. The molecule has 1 aromatic heterocycles. The van der Waals surface area contributed by atoms with Crippen LogP contribution in [0.15, 0.2) is 16.9 Å². The first kappa shape index (κ1) is 10.6. The van der Waals surface area contributed by atoms with Gasteiger partial charge in [0.1, 0.15) is 0 Å². The first-order chi connectivity index (χ1) is 7.54. The van der Waals surface area contributed by atoms with E-state index in [0.717, 1.165) is 27.6 Å². The Balaban J connectivity index is 3.04. The lowest BCUT2D eigenvalue weighted by molar-refractivity contribution is 0.112. The predicted octanol–water partition coefficient (Wildman–Crippen LogP) is 2.27. The van der Waals surface area contributed by atoms with Gasteiger partial charge in [0, 0.05) is 5.39 Å². The minimum absolute atomic E-state index is 0.220. The molecule has 0 fully saturated rings. The predicted molar refractivity (Wildman–Crippen MR) is 64.2 cm³/mol. The Kier molecular flexibility index (Phi) is 2.38. The molecule has 3 nitrogen and oxygen atoms in total. The third-order valence-electron chi connectivity index (χ3n) is 2.89. The largest absolute Gasteiger partial charge is 0.321 e. The number of fused-ring (bicyclic) bond motifs is 1. The number of aromatic nitrogens is 1. The van der Waals surface area contributed by atoms with E-state index in [-0.39, 0.29) is 11.1 Å². The van der Waals surface area contributed by atoms with Crippen molar-refractivity contribution in [1.82, 2.24) is 4.98 Å². The summed E-state index contributed by atoms with van der Waals surface area (Å²) in [5.74, 6) is 0. The summed E-state index contributed by atoms with van der Waals surface area (Å²) in [5.41, 5.74) is 3.62. The number of nitrogens with one attached hydrogen (secondary N) is 1. The average Bonchev–Trinajstić information content (AvgIpc) is 2.21. The molecule has 0 aliphatic carbocycles. The van der Waals surface area contributed by atoms with Crippen molar-refractivity contribution < 1.29 is 4.79 Å². The molecule has 2 aromatic rings. The lowest BCUT2D eigenvalue weighted by atomic mass is 10.0. The fourth-order valence-electron chi connectivity index (χ4n) is 2.07. The molecular formula is C13H13NO2. The van der Waals surface area contributed by atoms with Crippen LogP contribution in [0.4, 0.5) is 0 Å². The fraction of sp³-hybridized carbons (Fsp3) is 0.231. The summed E-state index contributed by atoms with van der Waals surface area (Å²) in [6.45, 7) is 5.75. The van der Waals surface area contributed by atoms with Crippen molar-refractivity contribution in [3.63, 3.8) is 0 Å². The highest BCUT2D eigenvalue weighted by Gasteiger charge is 2.09. The van der Waals surface area contributed by atoms with Crippen LogP contribution < -0.4 is 5.56 Å². The summed E-state index contributed by atoms with van der Waals surface area (Å²) >= 11 is 0. The van der Waals surface area contributed by atoms with E-state index in [0.29, 0.717) is 6.29 Å². The molecule has 0 aliphatic rings. The van der Waals surface area contributed by atoms with Gasteiger partial charge >= 0.3 is 0 Å². The van der Waals surface area contributed by atoms with Crippen LogP contribution in [0.5, 0.6) is 0 Å². The van der Waals surface area contributed by atoms with Gasteiger partial charge in [0.05, 0.1) is 11.1 Å². The number of aldehydes is 1. The molecule has 82 valence electrons. The van der Waals surface area contributed by atoms with Crippen molar-refractivity contribution >= 4 is 17.2 Å². The summed E-state index contributed by atoms with van der Waals surface area (Å²) in [5, 5.41) is 0.944. The number of hydrogen-bond donors (Lipinski definition) is 1. The van der Waals surface area contributed by atoms with Gasteiger partial charge in [-0.05, 0) is 38.0 Å². The molecule has 2 rings (SSSR count). The zero-order valence-electron chi connectivity index (χ0n) is 9.55. The highest BCUT2D eigenvalue weighted by molar-refractivity contribution is 5.91. The zero-order valence-corrected chi connectivity index (χ0v) is 9.55. The molecule has 0 aliphatic heterocycles. The molecule has 0 saturated heterocycles. The SMILES string of the molecule is Cc1cc(C)c2[nH]c(=O)c(C=O)c(C)c2c1. The molecule has 3 heteroatoms. The number of rotatable bonds is 1. The van der Waals surface area contributed by atoms with Gasteiger partial charge in [-0.15, -0.1) is 0 Å². The van der Waals surface area contributed by atoms with Crippen molar-refractivity contribution in [1.29, 1.82) is 0 Å². The van der Waals surface area contributed by atoms with Crippen molar-refractivity contribution in [2.75, 3.05) is 0 Å². The molecule has 1 heterocycles. The third kappa shape index (κ3) is 1.45. The number of carbonyl (C=O) groups is 1. The molecular weight excluding hydrogens is 202 g/mol. The Morgan fingerprint density at radius 1 is 1.19 bits per heavy atom. The van der Waals surface area contributed by atoms with E-state index in [9.17, 15) is 9.59 Å². The molecule has 16 heavy (non-hydrogen) atoms. The Morgan fingerprint density at radius 2 is 1.88 bits per heavy atom. The van der Waals surface area contributed by atoms with Gasteiger partial charge in [-0.3, -0.25) is 9.59 Å². The number of pyridine rings is 1. The molecule has 0 atom stereocenters. The summed E-state index contributed by atoms with van der Waals surface area (Å²) in [7, 11) is 0. The molecule has 0 amide bonds. The van der Waals surface area contributed by atoms with Crippen LogP contribution in [0.3, 0.4) is 0 Å². The highest BCUT2D eigenvalue weighted by atomic mass is 16.1. The number of carbonyl (C=O) groups excluding carboxylic acids is 1. The maximum absolute atomic E-state index is 11.6. The molecule has 0 unspecified atom stereocenters. The van der Waals surface area contributed by atoms with Gasteiger partial charge in [-0.2, -0.15) is 0 Å². The van der Waals surface area contributed by atoms with Gasteiger partial charge < -0.3 is 4.98 Å². The maximum Gasteiger partial charge on any atom is 0.259 e. The monoisotopic (exact) mass is 215 g/mol. The smallest absolute Gasteiger partial charge is 0.259 e. The van der Waals surface area contributed by atoms with Gasteiger partial charge in [-0.1, -0.05) is 11.6 Å². The second kappa shape index (κ2) is 3.59. The lowest BCUT2D eigenvalue weighted by Gasteiger charge is -2.08. The molecule has 1 N–H and O–H groups in total. The van der Waals surface area contributed by atoms with Crippen LogP contribution in [0.2, 0.25) is 0 Å². The normalized spacial score (nSPS) is 10.7. The lowest BCUT2D eigenvalue weighted by Crippen LogP contribution is -2.14. The number of aromatic amines is 1. The Hall–Kier alpha value is -1.90. The van der Waals surface area contributed by atoms with Crippen molar-refractivity contribution in [3.05, 3.63) is 44.7 Å². The van der Waals surface area contributed by atoms with E-state index >= 15 is 0 Å². The van der Waals surface area contributed by atoms with Crippen LogP contribution in [-0.4, -0.2) is 11.3 Å². The van der Waals surface area contributed by atoms with Crippen LogP contribution in [0.25, 0.3) is 10.9 Å². The minimum Gasteiger partial charge on any atom is -0.321 e. The molecule has 1 aromatic carbocycles. The van der Waals surface area contributed by atoms with Crippen LogP contribution >= 0.6 is 0 Å². The van der Waals surface area contributed by atoms with Crippen molar-refractivity contribution in [3.8, 4) is 0 Å². The standard InChI is InChI=1S/C13H13NO2/c1-7-4-8(2)12-10(5-7)9(3)11(6-15)13(16)14-12/h4-6H,1-3H3,(H,14,16). The molecule has 0 bridgehead atoms. The van der Waals surface area contributed by atoms with E-state index in [1.165, 1.54) is 0 Å². The fourth-order valence-corrected chi connectivity index (χ4v) is 2.07. The molecule has 0 radical (unpaired) electrons. The van der Waals surface area contributed by atoms with E-state index in [1.807, 2.05) is 26.0 Å². The first-order valence-corrected chi connectivity index (χ1v) is 5.13. The third-order valence-corrected chi connectivity index (χ3v) is 2.89. The van der Waals surface area contributed by atoms with Gasteiger partial charge in [-0.25, -0.2) is 0 Å². The second-order valence-electron chi connectivity index (χ2n) is 4.12. The van der Waals surface area contributed by atoms with E-state index < -0.39 is 0 Å². The van der Waals surface area contributed by atoms with Crippen molar-refractivity contribution in [2.24, 2.45) is 0 Å². The maximum atomic E-state index is 11.6. The summed E-state index contributed by atoms with van der Waals surface area (Å²) < 4.78 is 0. The number of benzene rings is 1. The first-order valence-electron chi connectivity index (χ1n) is 5.13. The highest BCUT2D eigenvalue weighted by Crippen LogP contribution is 2.21. The summed E-state index contributed by atoms with van der Waals surface area (Å²) in [6, 6.07) is 4.00. The summed E-state index contributed by atoms with van der Waals surface area (Å²) in [6.07, 6.45) is 0.616. The van der Waals surface area contributed by atoms with Crippen molar-refractivity contribution in [2.45, 2.75) is 20.8 Å². The van der Waals surface area contributed by atoms with E-state index in [2.05, 4.69) is 4.98 Å². The minimum atomic E-state index is -0.313. The van der Waals surface area contributed by atoms with Crippen LogP contribution in [0.1, 0.15) is 27.0 Å². The summed E-state index contributed by atoms with van der Waals surface area (Å²) in [4.78, 5) is 25.2.